The number of hydrogen-bond donors (Lipinski definition) is 1. The quantitative estimate of drug-likeness (QED) is 0.398. The van der Waals surface area contributed by atoms with Crippen LogP contribution in [0.5, 0.6) is 0 Å². The van der Waals surface area contributed by atoms with Crippen molar-refractivity contribution in [3.05, 3.63) is 87.3 Å². The standard InChI is InChI=1S/C28H24F2N6O3/c1-28(2,3)39-27(38)35-10-9-16-12-20(8-7-17(16)15-35)33-26-32-14-19-11-18(13-31)25(37)36(24(19)34-26)23-21(29)5-4-6-22(23)30/h4-8,11-12,14H,9-10,15H2,1-3H3,(H,32,33,34). The van der Waals surface area contributed by atoms with E-state index >= 15 is 0 Å². The van der Waals surface area contributed by atoms with Crippen molar-refractivity contribution in [2.24, 2.45) is 0 Å². The van der Waals surface area contributed by atoms with Crippen LogP contribution in [0.25, 0.3) is 16.7 Å². The highest BCUT2D eigenvalue weighted by molar-refractivity contribution is 5.79. The van der Waals surface area contributed by atoms with Crippen molar-refractivity contribution in [1.29, 1.82) is 5.26 Å². The summed E-state index contributed by atoms with van der Waals surface area (Å²) in [6, 6.07) is 11.9. The summed E-state index contributed by atoms with van der Waals surface area (Å²) in [5.74, 6) is -1.86. The molecule has 39 heavy (non-hydrogen) atoms. The minimum Gasteiger partial charge on any atom is -0.444 e. The van der Waals surface area contributed by atoms with E-state index in [4.69, 9.17) is 4.74 Å². The molecule has 0 fully saturated rings. The Labute approximate surface area is 222 Å². The Morgan fingerprint density at radius 3 is 2.56 bits per heavy atom. The predicted octanol–water partition coefficient (Wildman–Crippen LogP) is 4.97. The van der Waals surface area contributed by atoms with Crippen molar-refractivity contribution in [2.75, 3.05) is 11.9 Å². The second-order valence-electron chi connectivity index (χ2n) is 10.1. The summed E-state index contributed by atoms with van der Waals surface area (Å²) in [6.45, 7) is 6.39. The highest BCUT2D eigenvalue weighted by atomic mass is 19.1. The van der Waals surface area contributed by atoms with Gasteiger partial charge in [0.05, 0.1) is 0 Å². The number of amides is 1. The molecule has 5 rings (SSSR count). The summed E-state index contributed by atoms with van der Waals surface area (Å²) in [4.78, 5) is 35.7. The molecule has 1 N–H and O–H groups in total. The van der Waals surface area contributed by atoms with Gasteiger partial charge >= 0.3 is 6.09 Å². The Morgan fingerprint density at radius 2 is 1.87 bits per heavy atom. The van der Waals surface area contributed by atoms with Crippen LogP contribution in [-0.2, 0) is 17.7 Å². The molecule has 0 spiro atoms. The Balaban J connectivity index is 1.48. The SMILES string of the molecule is CC(C)(C)OC(=O)N1CCc2cc(Nc3ncc4cc(C#N)c(=O)n(-c5c(F)cccc5F)c4n3)ccc2C1. The molecular weight excluding hydrogens is 506 g/mol. The number of para-hydroxylation sites is 1. The molecule has 1 amide bonds. The fourth-order valence-corrected chi connectivity index (χ4v) is 4.39. The van der Waals surface area contributed by atoms with Gasteiger partial charge in [-0.1, -0.05) is 12.1 Å². The van der Waals surface area contributed by atoms with E-state index in [-0.39, 0.29) is 28.6 Å². The van der Waals surface area contributed by atoms with Crippen molar-refractivity contribution in [3.63, 3.8) is 0 Å². The first kappa shape index (κ1) is 25.8. The van der Waals surface area contributed by atoms with Gasteiger partial charge in [-0.05, 0) is 68.7 Å². The van der Waals surface area contributed by atoms with Crippen LogP contribution in [-0.4, -0.2) is 37.7 Å². The van der Waals surface area contributed by atoms with Gasteiger partial charge < -0.3 is 15.0 Å². The first-order chi connectivity index (χ1) is 18.5. The van der Waals surface area contributed by atoms with E-state index < -0.39 is 28.5 Å². The Kier molecular flexibility index (Phi) is 6.48. The molecule has 2 aromatic heterocycles. The smallest absolute Gasteiger partial charge is 0.410 e. The number of rotatable bonds is 3. The maximum absolute atomic E-state index is 14.7. The summed E-state index contributed by atoms with van der Waals surface area (Å²) in [6.07, 6.45) is 1.63. The molecule has 0 aliphatic carbocycles. The molecule has 11 heteroatoms. The van der Waals surface area contributed by atoms with E-state index in [9.17, 15) is 23.6 Å². The summed E-state index contributed by atoms with van der Waals surface area (Å²) < 4.78 is 35.6. The molecule has 0 atom stereocenters. The van der Waals surface area contributed by atoms with Crippen LogP contribution in [0.3, 0.4) is 0 Å². The molecule has 0 saturated heterocycles. The number of pyridine rings is 1. The van der Waals surface area contributed by atoms with Crippen LogP contribution < -0.4 is 10.9 Å². The number of hydrogen-bond acceptors (Lipinski definition) is 7. The molecule has 198 valence electrons. The third-order valence-corrected chi connectivity index (χ3v) is 6.15. The first-order valence-corrected chi connectivity index (χ1v) is 12.2. The van der Waals surface area contributed by atoms with Gasteiger partial charge in [-0.15, -0.1) is 0 Å². The lowest BCUT2D eigenvalue weighted by Gasteiger charge is -2.31. The number of aromatic nitrogens is 3. The zero-order valence-corrected chi connectivity index (χ0v) is 21.5. The molecule has 2 aromatic carbocycles. The van der Waals surface area contributed by atoms with Crippen LogP contribution in [0, 0.1) is 23.0 Å². The number of nitrogens with one attached hydrogen (secondary N) is 1. The number of ether oxygens (including phenoxy) is 1. The summed E-state index contributed by atoms with van der Waals surface area (Å²) in [5.41, 5.74) is 0.188. The predicted molar refractivity (Wildman–Crippen MR) is 140 cm³/mol. The second-order valence-corrected chi connectivity index (χ2v) is 10.1. The highest BCUT2D eigenvalue weighted by Crippen LogP contribution is 2.26. The maximum Gasteiger partial charge on any atom is 0.410 e. The lowest BCUT2D eigenvalue weighted by atomic mass is 9.99. The molecule has 1 aliphatic rings. The first-order valence-electron chi connectivity index (χ1n) is 12.2. The van der Waals surface area contributed by atoms with E-state index in [0.29, 0.717) is 25.2 Å². The summed E-state index contributed by atoms with van der Waals surface area (Å²) in [5, 5.41) is 12.7. The fourth-order valence-electron chi connectivity index (χ4n) is 4.39. The van der Waals surface area contributed by atoms with Crippen LogP contribution in [0.2, 0.25) is 0 Å². The average molecular weight is 531 g/mol. The lowest BCUT2D eigenvalue weighted by molar-refractivity contribution is 0.0224. The van der Waals surface area contributed by atoms with Crippen molar-refractivity contribution in [3.8, 4) is 11.8 Å². The number of nitrogens with zero attached hydrogens (tertiary/aromatic N) is 5. The monoisotopic (exact) mass is 530 g/mol. The fraction of sp³-hybridized carbons (Fsp3) is 0.250. The summed E-state index contributed by atoms with van der Waals surface area (Å²) >= 11 is 0. The zero-order chi connectivity index (χ0) is 27.9. The topological polar surface area (TPSA) is 113 Å². The van der Waals surface area contributed by atoms with Crippen LogP contribution in [0.15, 0.2) is 53.5 Å². The van der Waals surface area contributed by atoms with E-state index in [1.54, 1.807) is 17.0 Å². The Bertz CT molecular complexity index is 1700. The van der Waals surface area contributed by atoms with Crippen LogP contribution in [0.1, 0.15) is 37.5 Å². The molecule has 9 nitrogen and oxygen atoms in total. The largest absolute Gasteiger partial charge is 0.444 e. The number of benzene rings is 2. The van der Waals surface area contributed by atoms with E-state index in [0.717, 1.165) is 27.8 Å². The second kappa shape index (κ2) is 9.79. The third kappa shape index (κ3) is 5.13. The van der Waals surface area contributed by atoms with E-state index in [1.165, 1.54) is 18.3 Å². The maximum atomic E-state index is 14.7. The van der Waals surface area contributed by atoms with Gasteiger partial charge in [0.25, 0.3) is 5.56 Å². The van der Waals surface area contributed by atoms with Crippen LogP contribution >= 0.6 is 0 Å². The number of anilines is 2. The number of carbonyl (C=O) groups is 1. The van der Waals surface area contributed by atoms with E-state index in [1.807, 2.05) is 32.9 Å². The van der Waals surface area contributed by atoms with Crippen molar-refractivity contribution in [2.45, 2.75) is 39.3 Å². The molecule has 0 saturated carbocycles. The third-order valence-electron chi connectivity index (χ3n) is 6.15. The molecule has 4 aromatic rings. The minimum atomic E-state index is -0.975. The molecule has 0 unspecified atom stereocenters. The molecular formula is C28H24F2N6O3. The molecule has 3 heterocycles. The van der Waals surface area contributed by atoms with Crippen molar-refractivity contribution < 1.29 is 18.3 Å². The van der Waals surface area contributed by atoms with Gasteiger partial charge in [0.15, 0.2) is 5.65 Å². The van der Waals surface area contributed by atoms with Crippen LogP contribution in [0.4, 0.5) is 25.2 Å². The Morgan fingerprint density at radius 1 is 1.13 bits per heavy atom. The normalized spacial score (nSPS) is 13.1. The lowest BCUT2D eigenvalue weighted by Crippen LogP contribution is -2.39. The molecule has 1 aliphatic heterocycles. The van der Waals surface area contributed by atoms with Gasteiger partial charge in [0.1, 0.15) is 34.6 Å². The number of carbonyl (C=O) groups excluding carboxylic acids is 1. The number of halogens is 2. The number of fused-ring (bicyclic) bond motifs is 2. The molecule has 0 radical (unpaired) electrons. The van der Waals surface area contributed by atoms with Gasteiger partial charge in [-0.2, -0.15) is 10.2 Å². The highest BCUT2D eigenvalue weighted by Gasteiger charge is 2.26. The van der Waals surface area contributed by atoms with Crippen molar-refractivity contribution >= 4 is 28.8 Å². The Hall–Kier alpha value is -4.85. The molecule has 0 bridgehead atoms. The van der Waals surface area contributed by atoms with Gasteiger partial charge in [0, 0.05) is 30.4 Å². The van der Waals surface area contributed by atoms with Crippen molar-refractivity contribution in [1.82, 2.24) is 19.4 Å². The van der Waals surface area contributed by atoms with E-state index in [2.05, 4.69) is 15.3 Å². The van der Waals surface area contributed by atoms with Gasteiger partial charge in [-0.3, -0.25) is 9.36 Å². The zero-order valence-electron chi connectivity index (χ0n) is 21.5. The minimum absolute atomic E-state index is 0.0635. The van der Waals surface area contributed by atoms with Gasteiger partial charge in [0.2, 0.25) is 5.95 Å². The van der Waals surface area contributed by atoms with Gasteiger partial charge in [-0.25, -0.2) is 18.6 Å². The average Bonchev–Trinajstić information content (AvgIpc) is 2.88. The summed E-state index contributed by atoms with van der Waals surface area (Å²) in [7, 11) is 0. The number of nitriles is 1.